The zero-order valence-corrected chi connectivity index (χ0v) is 15.3. The van der Waals surface area contributed by atoms with Gasteiger partial charge in [0, 0.05) is 10.5 Å². The number of hydrogen-bond donors (Lipinski definition) is 1. The van der Waals surface area contributed by atoms with Crippen LogP contribution in [-0.4, -0.2) is 20.9 Å². The summed E-state index contributed by atoms with van der Waals surface area (Å²) >= 11 is 6.24. The number of benzene rings is 1. The Kier molecular flexibility index (Phi) is 5.30. The Morgan fingerprint density at radius 1 is 1.32 bits per heavy atom. The van der Waals surface area contributed by atoms with Crippen LogP contribution in [0.1, 0.15) is 17.3 Å². The number of sulfonamides is 1. The highest BCUT2D eigenvalue weighted by Crippen LogP contribution is 2.27. The third-order valence-electron chi connectivity index (χ3n) is 2.55. The van der Waals surface area contributed by atoms with Gasteiger partial charge in [-0.25, -0.2) is 13.1 Å². The number of nitrogens with one attached hydrogen (secondary N) is 1. The molecule has 0 aliphatic carbocycles. The van der Waals surface area contributed by atoms with Crippen LogP contribution in [-0.2, 0) is 10.0 Å². The number of amides is 1. The van der Waals surface area contributed by atoms with Crippen molar-refractivity contribution in [3.05, 3.63) is 45.2 Å². The molecule has 22 heavy (non-hydrogen) atoms. The van der Waals surface area contributed by atoms with Gasteiger partial charge in [0.15, 0.2) is 4.67 Å². The van der Waals surface area contributed by atoms with Crippen LogP contribution in [0.4, 0.5) is 0 Å². The first-order chi connectivity index (χ1) is 10.3. The van der Waals surface area contributed by atoms with Gasteiger partial charge in [0.2, 0.25) is 0 Å². The van der Waals surface area contributed by atoms with Gasteiger partial charge in [-0.05, 0) is 41.1 Å². The van der Waals surface area contributed by atoms with Gasteiger partial charge in [0.05, 0.1) is 12.2 Å². The van der Waals surface area contributed by atoms with Crippen molar-refractivity contribution in [1.29, 1.82) is 0 Å². The second-order valence-corrected chi connectivity index (χ2v) is 7.45. The number of rotatable bonds is 5. The topological polar surface area (TPSA) is 85.6 Å². The lowest BCUT2D eigenvalue weighted by Gasteiger charge is -2.11. The molecule has 1 N–H and O–H groups in total. The van der Waals surface area contributed by atoms with E-state index in [2.05, 4.69) is 31.9 Å². The van der Waals surface area contributed by atoms with Crippen molar-refractivity contribution in [3.8, 4) is 5.75 Å². The zero-order valence-electron chi connectivity index (χ0n) is 11.3. The van der Waals surface area contributed by atoms with Crippen LogP contribution in [0.2, 0.25) is 0 Å². The summed E-state index contributed by atoms with van der Waals surface area (Å²) in [7, 11) is -4.09. The van der Waals surface area contributed by atoms with Crippen LogP contribution in [0.3, 0.4) is 0 Å². The number of hydrogen-bond acceptors (Lipinski definition) is 5. The van der Waals surface area contributed by atoms with Gasteiger partial charge in [-0.2, -0.15) is 0 Å². The Morgan fingerprint density at radius 3 is 2.64 bits per heavy atom. The van der Waals surface area contributed by atoms with Crippen molar-refractivity contribution in [1.82, 2.24) is 4.72 Å². The average molecular weight is 453 g/mol. The number of carbonyl (C=O) groups excluding carboxylic acids is 1. The summed E-state index contributed by atoms with van der Waals surface area (Å²) in [5.74, 6) is -0.628. The molecule has 0 fully saturated rings. The van der Waals surface area contributed by atoms with E-state index in [4.69, 9.17) is 9.15 Å². The van der Waals surface area contributed by atoms with E-state index in [1.165, 1.54) is 18.2 Å². The molecule has 0 saturated carbocycles. The summed E-state index contributed by atoms with van der Waals surface area (Å²) in [6.07, 6.45) is 1.15. The van der Waals surface area contributed by atoms with Gasteiger partial charge in [-0.15, -0.1) is 0 Å². The Balaban J connectivity index is 2.34. The number of furan rings is 1. The summed E-state index contributed by atoms with van der Waals surface area (Å²) in [6.45, 7) is 2.03. The molecule has 0 atom stereocenters. The average Bonchev–Trinajstić information content (AvgIpc) is 2.87. The normalized spacial score (nSPS) is 11.2. The van der Waals surface area contributed by atoms with Crippen molar-refractivity contribution in [3.63, 3.8) is 0 Å². The van der Waals surface area contributed by atoms with E-state index in [-0.39, 0.29) is 16.2 Å². The maximum atomic E-state index is 12.4. The van der Waals surface area contributed by atoms with E-state index in [9.17, 15) is 13.2 Å². The standard InChI is InChI=1S/C13H11Br2NO5S/c1-2-20-10-4-3-9(14)6-11(10)22(18,19)16-13(17)8-5-12(15)21-7-8/h3-7H,2H2,1H3,(H,16,17). The van der Waals surface area contributed by atoms with Crippen molar-refractivity contribution in [2.45, 2.75) is 11.8 Å². The maximum Gasteiger partial charge on any atom is 0.268 e. The van der Waals surface area contributed by atoms with E-state index in [0.29, 0.717) is 15.7 Å². The SMILES string of the molecule is CCOc1ccc(Br)cc1S(=O)(=O)NC(=O)c1coc(Br)c1. The summed E-state index contributed by atoms with van der Waals surface area (Å²) in [5.41, 5.74) is 0.0865. The molecule has 0 spiro atoms. The van der Waals surface area contributed by atoms with Crippen molar-refractivity contribution in [2.24, 2.45) is 0 Å². The van der Waals surface area contributed by atoms with E-state index in [0.717, 1.165) is 6.26 Å². The number of halogens is 2. The smallest absolute Gasteiger partial charge is 0.268 e. The molecular weight excluding hydrogens is 442 g/mol. The molecule has 2 rings (SSSR count). The van der Waals surface area contributed by atoms with E-state index in [1.54, 1.807) is 13.0 Å². The Labute approximate surface area is 144 Å². The number of carbonyl (C=O) groups is 1. The molecule has 0 aliphatic rings. The van der Waals surface area contributed by atoms with Gasteiger partial charge >= 0.3 is 0 Å². The van der Waals surface area contributed by atoms with Crippen LogP contribution >= 0.6 is 31.9 Å². The molecule has 9 heteroatoms. The largest absolute Gasteiger partial charge is 0.492 e. The molecule has 0 aliphatic heterocycles. The Bertz CT molecular complexity index is 801. The second-order valence-electron chi connectivity index (χ2n) is 4.10. The molecule has 1 aromatic heterocycles. The molecule has 0 bridgehead atoms. The van der Waals surface area contributed by atoms with Gasteiger partial charge in [0.25, 0.3) is 15.9 Å². The second kappa shape index (κ2) is 6.84. The predicted molar refractivity (Wildman–Crippen MR) is 86.4 cm³/mol. The molecule has 1 aromatic carbocycles. The van der Waals surface area contributed by atoms with Gasteiger partial charge in [-0.3, -0.25) is 4.79 Å². The lowest BCUT2D eigenvalue weighted by atomic mass is 10.3. The van der Waals surface area contributed by atoms with Crippen LogP contribution in [0, 0.1) is 0 Å². The maximum absolute atomic E-state index is 12.4. The van der Waals surface area contributed by atoms with Gasteiger partial charge in [-0.1, -0.05) is 15.9 Å². The monoisotopic (exact) mass is 451 g/mol. The summed E-state index contributed by atoms with van der Waals surface area (Å²) < 4.78 is 37.9. The first kappa shape index (κ1) is 17.0. The minimum absolute atomic E-state index is 0.0865. The summed E-state index contributed by atoms with van der Waals surface area (Å²) in [6, 6.07) is 5.90. The zero-order chi connectivity index (χ0) is 16.3. The summed E-state index contributed by atoms with van der Waals surface area (Å²) in [4.78, 5) is 11.9. The highest BCUT2D eigenvalue weighted by molar-refractivity contribution is 9.10. The van der Waals surface area contributed by atoms with Crippen molar-refractivity contribution in [2.75, 3.05) is 6.61 Å². The fourth-order valence-electron chi connectivity index (χ4n) is 1.63. The van der Waals surface area contributed by atoms with Crippen LogP contribution in [0.25, 0.3) is 0 Å². The predicted octanol–water partition coefficient (Wildman–Crippen LogP) is 3.32. The van der Waals surface area contributed by atoms with Crippen LogP contribution in [0.5, 0.6) is 5.75 Å². The minimum Gasteiger partial charge on any atom is -0.492 e. The molecule has 6 nitrogen and oxygen atoms in total. The van der Waals surface area contributed by atoms with Crippen LogP contribution < -0.4 is 9.46 Å². The van der Waals surface area contributed by atoms with Crippen molar-refractivity contribution >= 4 is 47.8 Å². The lowest BCUT2D eigenvalue weighted by Crippen LogP contribution is -2.30. The third kappa shape index (κ3) is 3.90. The molecule has 1 amide bonds. The Hall–Kier alpha value is -1.32. The molecule has 0 radical (unpaired) electrons. The quantitative estimate of drug-likeness (QED) is 0.751. The highest BCUT2D eigenvalue weighted by atomic mass is 79.9. The fourth-order valence-corrected chi connectivity index (χ4v) is 3.63. The van der Waals surface area contributed by atoms with E-state index < -0.39 is 15.9 Å². The first-order valence-corrected chi connectivity index (χ1v) is 9.14. The van der Waals surface area contributed by atoms with Crippen molar-refractivity contribution < 1.29 is 22.4 Å². The van der Waals surface area contributed by atoms with E-state index >= 15 is 0 Å². The lowest BCUT2D eigenvalue weighted by molar-refractivity contribution is 0.0981. The van der Waals surface area contributed by atoms with Gasteiger partial charge in [0.1, 0.15) is 16.9 Å². The number of ether oxygens (including phenoxy) is 1. The molecule has 0 saturated heterocycles. The van der Waals surface area contributed by atoms with E-state index in [1.807, 2.05) is 4.72 Å². The molecule has 1 heterocycles. The molecular formula is C13H11Br2NO5S. The molecule has 2 aromatic rings. The van der Waals surface area contributed by atoms with Gasteiger partial charge < -0.3 is 9.15 Å². The summed E-state index contributed by atoms with van der Waals surface area (Å²) in [5, 5.41) is 0. The fraction of sp³-hybridized carbons (Fsp3) is 0.154. The molecule has 0 unspecified atom stereocenters. The van der Waals surface area contributed by atoms with Crippen LogP contribution in [0.15, 0.2) is 49.0 Å². The first-order valence-electron chi connectivity index (χ1n) is 6.07. The minimum atomic E-state index is -4.09. The molecule has 118 valence electrons. The Morgan fingerprint density at radius 2 is 2.05 bits per heavy atom. The third-order valence-corrected chi connectivity index (χ3v) is 4.81. The highest BCUT2D eigenvalue weighted by Gasteiger charge is 2.24.